The van der Waals surface area contributed by atoms with E-state index in [1.807, 2.05) is 0 Å². The molecule has 38 heavy (non-hydrogen) atoms. The van der Waals surface area contributed by atoms with E-state index in [-0.39, 0.29) is 0 Å². The van der Waals surface area contributed by atoms with Gasteiger partial charge in [-0.05, 0) is 0 Å². The molecule has 0 aromatic heterocycles. The summed E-state index contributed by atoms with van der Waals surface area (Å²) in [5.74, 6) is 8.57. The maximum absolute atomic E-state index is 2.57. The number of rotatable bonds is 31. The van der Waals surface area contributed by atoms with Crippen molar-refractivity contribution in [2.24, 2.45) is 0 Å². The first-order valence-electron chi connectivity index (χ1n) is 17.0. The summed E-state index contributed by atoms with van der Waals surface area (Å²) in [7, 11) is 5.14. The van der Waals surface area contributed by atoms with Gasteiger partial charge in [-0.15, -0.1) is 0 Å². The molecule has 0 nitrogen and oxygen atoms in total. The Balaban J connectivity index is 4.15. The van der Waals surface area contributed by atoms with Crippen LogP contribution in [-0.2, 0) is 0 Å². The molecule has 0 bridgehead atoms. The summed E-state index contributed by atoms with van der Waals surface area (Å²) < 4.78 is 9.98. The molecule has 0 heterocycles. The van der Waals surface area contributed by atoms with Crippen LogP contribution in [0.3, 0.4) is 0 Å². The molecular formula is C32H70S4Sn2. The Bertz CT molecular complexity index is 393. The summed E-state index contributed by atoms with van der Waals surface area (Å²) in [5.41, 5.74) is 0. The Hall–Kier alpha value is 3.00. The predicted octanol–water partition coefficient (Wildman–Crippen LogP) is 13.4. The average Bonchev–Trinajstić information content (AvgIpc) is 2.94. The fraction of sp³-hybridized carbons (Fsp3) is 1.00. The third-order valence-electron chi connectivity index (χ3n) is 8.01. The van der Waals surface area contributed by atoms with Crippen molar-refractivity contribution in [2.75, 3.05) is 34.5 Å². The van der Waals surface area contributed by atoms with Gasteiger partial charge in [0.25, 0.3) is 0 Å². The molecule has 6 heteroatoms. The van der Waals surface area contributed by atoms with E-state index < -0.39 is 34.0 Å². The van der Waals surface area contributed by atoms with Crippen molar-refractivity contribution in [1.82, 2.24) is 0 Å². The van der Waals surface area contributed by atoms with E-state index in [9.17, 15) is 0 Å². The molecule has 0 saturated carbocycles. The SMILES string of the molecule is CCC[CH2][Sn]([CH2]CCC)([CH2]CCC)[S]CCSCCCCSCC[S][Sn]([CH2]CCC)([CH2]CCC)[CH2]CCC. The minimum atomic E-state index is -1.94. The van der Waals surface area contributed by atoms with Crippen LogP contribution in [0, 0.1) is 0 Å². The van der Waals surface area contributed by atoms with Gasteiger partial charge in [0.15, 0.2) is 0 Å². The van der Waals surface area contributed by atoms with E-state index in [2.05, 4.69) is 83.0 Å². The quantitative estimate of drug-likeness (QED) is 0.0504. The third-order valence-corrected chi connectivity index (χ3v) is 56.6. The molecule has 230 valence electrons. The van der Waals surface area contributed by atoms with E-state index in [1.54, 1.807) is 26.6 Å². The minimum absolute atomic E-state index is 1.40. The summed E-state index contributed by atoms with van der Waals surface area (Å²) in [4.78, 5) is 0. The van der Waals surface area contributed by atoms with Gasteiger partial charge in [-0.2, -0.15) is 0 Å². The molecule has 0 fully saturated rings. The van der Waals surface area contributed by atoms with Crippen LogP contribution in [0.1, 0.15) is 131 Å². The molecule has 0 saturated heterocycles. The van der Waals surface area contributed by atoms with Crippen LogP contribution < -0.4 is 0 Å². The molecule has 0 unspecified atom stereocenters. The predicted molar refractivity (Wildman–Crippen MR) is 199 cm³/mol. The van der Waals surface area contributed by atoms with E-state index in [1.165, 1.54) is 124 Å². The number of thioether (sulfide) groups is 2. The number of hydrogen-bond acceptors (Lipinski definition) is 4. The van der Waals surface area contributed by atoms with E-state index >= 15 is 0 Å². The molecule has 0 aromatic rings. The fourth-order valence-corrected chi connectivity index (χ4v) is 56.3. The average molecular weight is 821 g/mol. The Morgan fingerprint density at radius 2 is 0.579 bits per heavy atom. The van der Waals surface area contributed by atoms with Crippen molar-refractivity contribution in [3.05, 3.63) is 0 Å². The summed E-state index contributed by atoms with van der Waals surface area (Å²) in [6.07, 6.45) is 20.4. The maximum atomic E-state index is 2.57. The molecule has 0 aliphatic carbocycles. The van der Waals surface area contributed by atoms with Crippen molar-refractivity contribution in [3.63, 3.8) is 0 Å². The van der Waals surface area contributed by atoms with Gasteiger partial charge in [0.05, 0.1) is 0 Å². The Labute approximate surface area is 265 Å². The number of unbranched alkanes of at least 4 members (excludes halogenated alkanes) is 7. The van der Waals surface area contributed by atoms with Gasteiger partial charge in [-0.25, -0.2) is 0 Å². The van der Waals surface area contributed by atoms with Crippen molar-refractivity contribution < 1.29 is 0 Å². The first-order chi connectivity index (χ1) is 18.6. The van der Waals surface area contributed by atoms with Gasteiger partial charge in [-0.3, -0.25) is 0 Å². The van der Waals surface area contributed by atoms with E-state index in [0.29, 0.717) is 0 Å². The second-order valence-corrected chi connectivity index (χ2v) is 54.1. The molecule has 0 spiro atoms. The van der Waals surface area contributed by atoms with Gasteiger partial charge in [0.2, 0.25) is 0 Å². The normalized spacial score (nSPS) is 12.5. The fourth-order valence-electron chi connectivity index (χ4n) is 5.42. The Morgan fingerprint density at radius 3 is 0.816 bits per heavy atom. The van der Waals surface area contributed by atoms with Crippen LogP contribution in [0.2, 0.25) is 26.6 Å². The van der Waals surface area contributed by atoms with Crippen LogP contribution >= 0.6 is 41.4 Å². The molecule has 0 atom stereocenters. The first-order valence-corrected chi connectivity index (χ1v) is 40.4. The van der Waals surface area contributed by atoms with Crippen molar-refractivity contribution in [3.8, 4) is 0 Å². The van der Waals surface area contributed by atoms with Crippen molar-refractivity contribution >= 4 is 75.4 Å². The van der Waals surface area contributed by atoms with Gasteiger partial charge in [-0.1, -0.05) is 0 Å². The zero-order valence-corrected chi connectivity index (χ0v) is 36.0. The summed E-state index contributed by atoms with van der Waals surface area (Å²) >= 11 is 0.648. The standard InChI is InChI=1S/C8H18S4.6C4H9.2Sn/c9-3-7-11-5-1-2-6-12-8-4-10;6*1-3-4-2;;/h9-10H,1-8H2;6*1,3-4H2,2H3;;/q;;;;;;;2*+1/p-2. The summed E-state index contributed by atoms with van der Waals surface area (Å²) in [6.45, 7) is 14.4. The molecular weight excluding hydrogens is 750 g/mol. The zero-order valence-electron chi connectivity index (χ0n) is 27.0. The Morgan fingerprint density at radius 1 is 0.316 bits per heavy atom. The van der Waals surface area contributed by atoms with Crippen LogP contribution in [0.4, 0.5) is 0 Å². The molecule has 0 amide bonds. The monoisotopic (exact) mass is 822 g/mol. The third kappa shape index (κ3) is 22.5. The molecule has 0 aliphatic rings. The molecule has 0 N–H and O–H groups in total. The molecule has 0 aromatic carbocycles. The van der Waals surface area contributed by atoms with Gasteiger partial charge >= 0.3 is 268 Å². The van der Waals surface area contributed by atoms with Crippen LogP contribution in [0.15, 0.2) is 0 Å². The summed E-state index contributed by atoms with van der Waals surface area (Å²) in [5, 5.41) is 0. The van der Waals surface area contributed by atoms with E-state index in [4.69, 9.17) is 0 Å². The van der Waals surface area contributed by atoms with Gasteiger partial charge in [0.1, 0.15) is 0 Å². The second kappa shape index (κ2) is 30.0. The van der Waals surface area contributed by atoms with Crippen LogP contribution in [0.5, 0.6) is 0 Å². The van der Waals surface area contributed by atoms with Gasteiger partial charge < -0.3 is 0 Å². The Kier molecular flexibility index (Phi) is 32.4. The van der Waals surface area contributed by atoms with Crippen molar-refractivity contribution in [1.29, 1.82) is 0 Å². The number of hydrogen-bond donors (Lipinski definition) is 0. The first kappa shape index (κ1) is 41.0. The second-order valence-electron chi connectivity index (χ2n) is 11.6. The van der Waals surface area contributed by atoms with Gasteiger partial charge in [0, 0.05) is 0 Å². The van der Waals surface area contributed by atoms with Crippen LogP contribution in [0.25, 0.3) is 0 Å². The van der Waals surface area contributed by atoms with Crippen LogP contribution in [-0.4, -0.2) is 68.5 Å². The molecule has 0 aliphatic heterocycles. The van der Waals surface area contributed by atoms with Crippen molar-refractivity contribution in [2.45, 2.75) is 158 Å². The molecule has 0 rings (SSSR count). The molecule has 0 radical (unpaired) electrons. The summed E-state index contributed by atoms with van der Waals surface area (Å²) in [6, 6.07) is 0. The zero-order chi connectivity index (χ0) is 28.2. The topological polar surface area (TPSA) is 0 Å². The van der Waals surface area contributed by atoms with E-state index in [0.717, 1.165) is 0 Å².